The van der Waals surface area contributed by atoms with Crippen LogP contribution < -0.4 is 5.32 Å². The van der Waals surface area contributed by atoms with Crippen LogP contribution in [0.25, 0.3) is 43.6 Å². The molecule has 5 heteroatoms. The highest BCUT2D eigenvalue weighted by molar-refractivity contribution is 5.80. The van der Waals surface area contributed by atoms with Crippen molar-refractivity contribution < 1.29 is 0 Å². The molecule has 5 heterocycles. The SMILES string of the molecule is CC.CC.CC.CC.CC.c1ccc2[nH]ccc2c1.c1ccc2[nH]ccc2c1.c1ccc2[nH]ccc2c1.c1ccc2[nH]ccc2c1.c1ccc2c(c1)CNC2. The van der Waals surface area contributed by atoms with Crippen molar-refractivity contribution >= 4 is 43.6 Å². The van der Waals surface area contributed by atoms with Crippen LogP contribution >= 0.6 is 0 Å². The Labute approximate surface area is 331 Å². The van der Waals surface area contributed by atoms with Crippen molar-refractivity contribution in [2.24, 2.45) is 0 Å². The molecule has 5 nitrogen and oxygen atoms in total. The molecule has 0 atom stereocenters. The Morgan fingerprint density at radius 3 is 0.727 bits per heavy atom. The highest BCUT2D eigenvalue weighted by atomic mass is 14.9. The summed E-state index contributed by atoms with van der Waals surface area (Å²) in [6.45, 7) is 22.1. The second-order valence-electron chi connectivity index (χ2n) is 10.6. The molecule has 0 radical (unpaired) electrons. The largest absolute Gasteiger partial charge is 0.361 e. The number of hydrogen-bond acceptors (Lipinski definition) is 1. The molecule has 0 aliphatic carbocycles. The zero-order valence-electron chi connectivity index (χ0n) is 35.1. The van der Waals surface area contributed by atoms with E-state index < -0.39 is 0 Å². The summed E-state index contributed by atoms with van der Waals surface area (Å²) in [6.07, 6.45) is 7.80. The quantitative estimate of drug-likeness (QED) is 0.106. The van der Waals surface area contributed by atoms with E-state index in [2.05, 4.69) is 122 Å². The minimum Gasteiger partial charge on any atom is -0.361 e. The fourth-order valence-corrected chi connectivity index (χ4v) is 5.21. The molecule has 0 amide bonds. The minimum absolute atomic E-state index is 1.05. The van der Waals surface area contributed by atoms with Crippen LogP contribution in [-0.4, -0.2) is 19.9 Å². The smallest absolute Gasteiger partial charge is 0.0453 e. The summed E-state index contributed by atoms with van der Waals surface area (Å²) in [5, 5.41) is 8.39. The van der Waals surface area contributed by atoms with Crippen LogP contribution in [0, 0.1) is 0 Å². The Bertz CT molecular complexity index is 1770. The molecule has 55 heavy (non-hydrogen) atoms. The van der Waals surface area contributed by atoms with E-state index in [4.69, 9.17) is 0 Å². The first-order valence-corrected chi connectivity index (χ1v) is 20.2. The summed E-state index contributed by atoms with van der Waals surface area (Å²) >= 11 is 0. The van der Waals surface area contributed by atoms with E-state index in [1.165, 1.54) is 54.7 Å². The standard InChI is InChI=1S/C8H9N.4C8H7N.5C2H6/c1-2-4-8-6-9-5-7(8)3-1;4*1-2-4-8-7(3-1)5-6-9-8;5*1-2/h1-4,9H,5-6H2;4*1-6,9H;5*1-2H3. The Morgan fingerprint density at radius 1 is 0.273 bits per heavy atom. The predicted molar refractivity (Wildman–Crippen MR) is 247 cm³/mol. The summed E-state index contributed by atoms with van der Waals surface area (Å²) in [6, 6.07) is 49.7. The molecule has 0 fully saturated rings. The van der Waals surface area contributed by atoms with Gasteiger partial charge in [-0.05, 0) is 81.2 Å². The topological polar surface area (TPSA) is 75.2 Å². The first-order valence-electron chi connectivity index (χ1n) is 20.2. The van der Waals surface area contributed by atoms with Gasteiger partial charge in [-0.2, -0.15) is 0 Å². The summed E-state index contributed by atoms with van der Waals surface area (Å²) in [4.78, 5) is 12.5. The number of fused-ring (bicyclic) bond motifs is 5. The van der Waals surface area contributed by atoms with Crippen molar-refractivity contribution in [1.82, 2.24) is 25.3 Å². The summed E-state index contributed by atoms with van der Waals surface area (Å²) in [5.41, 5.74) is 7.74. The number of rotatable bonds is 0. The van der Waals surface area contributed by atoms with Crippen molar-refractivity contribution in [3.63, 3.8) is 0 Å². The second kappa shape index (κ2) is 30.7. The van der Waals surface area contributed by atoms with Gasteiger partial charge in [0, 0.05) is 59.9 Å². The number of aromatic nitrogens is 4. The van der Waals surface area contributed by atoms with Gasteiger partial charge >= 0.3 is 0 Å². The summed E-state index contributed by atoms with van der Waals surface area (Å²) < 4.78 is 0. The van der Waals surface area contributed by atoms with E-state index in [0.29, 0.717) is 0 Å². The normalized spacial score (nSPS) is 9.78. The van der Waals surface area contributed by atoms with Gasteiger partial charge in [0.1, 0.15) is 0 Å². The van der Waals surface area contributed by atoms with Crippen LogP contribution in [-0.2, 0) is 13.1 Å². The minimum atomic E-state index is 1.05. The lowest BCUT2D eigenvalue weighted by Crippen LogP contribution is -1.99. The van der Waals surface area contributed by atoms with Crippen LogP contribution in [0.4, 0.5) is 0 Å². The van der Waals surface area contributed by atoms with E-state index in [9.17, 15) is 0 Å². The molecule has 1 aliphatic rings. The molecule has 0 bridgehead atoms. The van der Waals surface area contributed by atoms with Gasteiger partial charge in [-0.25, -0.2) is 0 Å². The van der Waals surface area contributed by atoms with Crippen molar-refractivity contribution in [2.75, 3.05) is 0 Å². The van der Waals surface area contributed by atoms with Crippen molar-refractivity contribution in [3.8, 4) is 0 Å². The Kier molecular flexibility index (Phi) is 26.3. The van der Waals surface area contributed by atoms with Crippen LogP contribution in [0.5, 0.6) is 0 Å². The second-order valence-corrected chi connectivity index (χ2v) is 10.6. The number of para-hydroxylation sites is 4. The van der Waals surface area contributed by atoms with Crippen molar-refractivity contribution in [2.45, 2.75) is 82.3 Å². The molecular weight excluding hydrogens is 671 g/mol. The molecule has 5 aromatic carbocycles. The van der Waals surface area contributed by atoms with Crippen LogP contribution in [0.1, 0.15) is 80.4 Å². The third-order valence-corrected chi connectivity index (χ3v) is 7.60. The van der Waals surface area contributed by atoms with Gasteiger partial charge in [-0.1, -0.05) is 166 Å². The van der Waals surface area contributed by atoms with Gasteiger partial charge in [0.15, 0.2) is 0 Å². The molecule has 0 saturated carbocycles. The summed E-state index contributed by atoms with van der Waals surface area (Å²) in [7, 11) is 0. The molecule has 5 N–H and O–H groups in total. The monoisotopic (exact) mass is 738 g/mol. The van der Waals surface area contributed by atoms with E-state index >= 15 is 0 Å². The molecule has 0 spiro atoms. The lowest BCUT2D eigenvalue weighted by molar-refractivity contribution is 0.765. The average Bonchev–Trinajstić information content (AvgIpc) is 4.15. The maximum absolute atomic E-state index is 3.29. The fourth-order valence-electron chi connectivity index (χ4n) is 5.21. The van der Waals surface area contributed by atoms with E-state index in [1.807, 2.05) is 143 Å². The molecule has 0 saturated heterocycles. The lowest BCUT2D eigenvalue weighted by Gasteiger charge is -1.91. The zero-order chi connectivity index (χ0) is 40.5. The number of nitrogens with one attached hydrogen (secondary N) is 5. The van der Waals surface area contributed by atoms with Gasteiger partial charge in [-0.15, -0.1) is 0 Å². The molecule has 9 aromatic rings. The molecular formula is C50H67N5. The van der Waals surface area contributed by atoms with E-state index in [-0.39, 0.29) is 0 Å². The maximum Gasteiger partial charge on any atom is 0.0453 e. The maximum atomic E-state index is 3.29. The zero-order valence-corrected chi connectivity index (χ0v) is 35.1. The Balaban J connectivity index is 0.000000325. The van der Waals surface area contributed by atoms with E-state index in [1.54, 1.807) is 0 Å². The van der Waals surface area contributed by atoms with Gasteiger partial charge in [0.25, 0.3) is 0 Å². The Hall–Kier alpha value is -5.78. The molecule has 1 aliphatic heterocycles. The van der Waals surface area contributed by atoms with Gasteiger partial charge in [0.05, 0.1) is 0 Å². The third-order valence-electron chi connectivity index (χ3n) is 7.60. The van der Waals surface area contributed by atoms with Gasteiger partial charge < -0.3 is 25.3 Å². The molecule has 292 valence electrons. The first kappa shape index (κ1) is 47.2. The third kappa shape index (κ3) is 16.4. The number of H-pyrrole nitrogens is 4. The van der Waals surface area contributed by atoms with Crippen molar-refractivity contribution in [1.29, 1.82) is 0 Å². The summed E-state index contributed by atoms with van der Waals surface area (Å²) in [5.74, 6) is 0. The highest BCUT2D eigenvalue weighted by Gasteiger charge is 2.06. The Morgan fingerprint density at radius 2 is 0.491 bits per heavy atom. The molecule has 4 aromatic heterocycles. The van der Waals surface area contributed by atoms with Gasteiger partial charge in [0.2, 0.25) is 0 Å². The average molecular weight is 738 g/mol. The van der Waals surface area contributed by atoms with E-state index in [0.717, 1.165) is 13.1 Å². The fraction of sp³-hybridized carbons (Fsp3) is 0.240. The van der Waals surface area contributed by atoms with Crippen LogP contribution in [0.2, 0.25) is 0 Å². The number of aromatic amines is 4. The highest BCUT2D eigenvalue weighted by Crippen LogP contribution is 2.14. The predicted octanol–water partition coefficient (Wildman–Crippen LogP) is 15.1. The van der Waals surface area contributed by atoms with Crippen LogP contribution in [0.3, 0.4) is 0 Å². The molecule has 0 unspecified atom stereocenters. The van der Waals surface area contributed by atoms with Crippen molar-refractivity contribution in [3.05, 3.63) is 182 Å². The number of benzene rings is 5. The first-order chi connectivity index (χ1) is 27.3. The molecule has 10 rings (SSSR count). The van der Waals surface area contributed by atoms with Crippen LogP contribution in [0.15, 0.2) is 170 Å². The lowest BCUT2D eigenvalue weighted by atomic mass is 10.1. The van der Waals surface area contributed by atoms with Gasteiger partial charge in [-0.3, -0.25) is 0 Å². The number of hydrogen-bond donors (Lipinski definition) is 5.